The summed E-state index contributed by atoms with van der Waals surface area (Å²) in [5, 5.41) is 3.88. The van der Waals surface area contributed by atoms with Crippen LogP contribution in [0.2, 0.25) is 0 Å². The van der Waals surface area contributed by atoms with Crippen LogP contribution in [0.4, 0.5) is 0 Å². The number of aromatic nitrogens is 2. The highest BCUT2D eigenvalue weighted by Gasteiger charge is 2.28. The lowest BCUT2D eigenvalue weighted by molar-refractivity contribution is 0.0962. The molecule has 0 bridgehead atoms. The summed E-state index contributed by atoms with van der Waals surface area (Å²) in [6.07, 6.45) is 0. The zero-order valence-corrected chi connectivity index (χ0v) is 10.8. The highest BCUT2D eigenvalue weighted by molar-refractivity contribution is 5.44. The summed E-state index contributed by atoms with van der Waals surface area (Å²) in [5.41, 5.74) is 5.30. The molecule has 0 spiro atoms. The first-order chi connectivity index (χ1) is 8.53. The van der Waals surface area contributed by atoms with Gasteiger partial charge in [-0.2, -0.15) is 4.98 Å². The van der Waals surface area contributed by atoms with Crippen LogP contribution in [0.5, 0.6) is 0 Å². The molecule has 2 aromatic rings. The molecule has 0 amide bonds. The van der Waals surface area contributed by atoms with E-state index < -0.39 is 5.54 Å². The summed E-state index contributed by atoms with van der Waals surface area (Å²) >= 11 is 0. The van der Waals surface area contributed by atoms with Gasteiger partial charge in [-0.1, -0.05) is 5.16 Å². The van der Waals surface area contributed by atoms with Crippen LogP contribution in [-0.2, 0) is 10.3 Å². The third-order valence-corrected chi connectivity index (χ3v) is 2.49. The van der Waals surface area contributed by atoms with E-state index >= 15 is 0 Å². The van der Waals surface area contributed by atoms with Gasteiger partial charge in [-0.3, -0.25) is 0 Å². The van der Waals surface area contributed by atoms with Gasteiger partial charge in [-0.05, 0) is 32.9 Å². The minimum Gasteiger partial charge on any atom is -0.456 e. The number of aryl methyl sites for hydroxylation is 1. The Morgan fingerprint density at radius 2 is 2.22 bits per heavy atom. The fourth-order valence-electron chi connectivity index (χ4n) is 1.48. The molecule has 1 atom stereocenters. The van der Waals surface area contributed by atoms with Gasteiger partial charge in [0.25, 0.3) is 5.89 Å². The van der Waals surface area contributed by atoms with Gasteiger partial charge in [0.05, 0.1) is 6.61 Å². The van der Waals surface area contributed by atoms with Crippen molar-refractivity contribution in [3.63, 3.8) is 0 Å². The Hall–Kier alpha value is -1.66. The third-order valence-electron chi connectivity index (χ3n) is 2.49. The van der Waals surface area contributed by atoms with Crippen molar-refractivity contribution in [2.75, 3.05) is 13.2 Å². The zero-order chi connectivity index (χ0) is 13.2. The molecular formula is C12H17N3O3. The van der Waals surface area contributed by atoms with Gasteiger partial charge >= 0.3 is 0 Å². The Labute approximate surface area is 105 Å². The Balaban J connectivity index is 2.19. The van der Waals surface area contributed by atoms with Gasteiger partial charge in [0, 0.05) is 6.61 Å². The molecule has 0 aromatic carbocycles. The van der Waals surface area contributed by atoms with E-state index in [0.29, 0.717) is 30.7 Å². The Kier molecular flexibility index (Phi) is 3.49. The molecule has 0 aliphatic carbocycles. The minimum absolute atomic E-state index is 0.325. The van der Waals surface area contributed by atoms with Crippen LogP contribution in [0.15, 0.2) is 21.1 Å². The van der Waals surface area contributed by atoms with Crippen molar-refractivity contribution in [2.45, 2.75) is 26.3 Å². The Morgan fingerprint density at radius 1 is 1.44 bits per heavy atom. The first kappa shape index (κ1) is 12.8. The van der Waals surface area contributed by atoms with Gasteiger partial charge in [0.2, 0.25) is 0 Å². The molecule has 0 aliphatic heterocycles. The summed E-state index contributed by atoms with van der Waals surface area (Å²) in [4.78, 5) is 4.24. The van der Waals surface area contributed by atoms with Crippen LogP contribution < -0.4 is 5.73 Å². The largest absolute Gasteiger partial charge is 0.456 e. The molecule has 1 unspecified atom stereocenters. The second kappa shape index (κ2) is 4.91. The second-order valence-electron chi connectivity index (χ2n) is 4.39. The number of rotatable bonds is 5. The van der Waals surface area contributed by atoms with Crippen LogP contribution >= 0.6 is 0 Å². The molecular weight excluding hydrogens is 234 g/mol. The van der Waals surface area contributed by atoms with Gasteiger partial charge in [-0.25, -0.2) is 0 Å². The normalized spacial score (nSPS) is 14.7. The van der Waals surface area contributed by atoms with Crippen LogP contribution in [0, 0.1) is 6.92 Å². The molecule has 0 aliphatic rings. The second-order valence-corrected chi connectivity index (χ2v) is 4.39. The maximum absolute atomic E-state index is 6.08. The molecule has 6 nitrogen and oxygen atoms in total. The van der Waals surface area contributed by atoms with E-state index in [0.717, 1.165) is 5.76 Å². The van der Waals surface area contributed by atoms with Crippen molar-refractivity contribution >= 4 is 0 Å². The highest BCUT2D eigenvalue weighted by Crippen LogP contribution is 2.23. The lowest BCUT2D eigenvalue weighted by Crippen LogP contribution is -2.39. The monoisotopic (exact) mass is 251 g/mol. The van der Waals surface area contributed by atoms with E-state index in [2.05, 4.69) is 10.1 Å². The topological polar surface area (TPSA) is 87.3 Å². The smallest absolute Gasteiger partial charge is 0.293 e. The molecule has 0 saturated heterocycles. The molecule has 0 radical (unpaired) electrons. The fraction of sp³-hybridized carbons (Fsp3) is 0.500. The van der Waals surface area contributed by atoms with Gasteiger partial charge in [-0.15, -0.1) is 0 Å². The summed E-state index contributed by atoms with van der Waals surface area (Å²) in [5.74, 6) is 2.05. The van der Waals surface area contributed by atoms with Crippen molar-refractivity contribution in [2.24, 2.45) is 5.73 Å². The summed E-state index contributed by atoms with van der Waals surface area (Å²) in [7, 11) is 0. The molecule has 0 fully saturated rings. The molecule has 2 rings (SSSR count). The number of nitrogens with two attached hydrogens (primary N) is 1. The summed E-state index contributed by atoms with van der Waals surface area (Å²) < 4.78 is 15.8. The van der Waals surface area contributed by atoms with E-state index in [4.69, 9.17) is 19.4 Å². The Morgan fingerprint density at radius 3 is 2.83 bits per heavy atom. The quantitative estimate of drug-likeness (QED) is 0.872. The SMILES string of the molecule is CCOCC(C)(N)c1noc(-c2ccc(C)o2)n1. The number of furan rings is 1. The number of hydrogen-bond acceptors (Lipinski definition) is 6. The Bertz CT molecular complexity index is 516. The van der Waals surface area contributed by atoms with E-state index in [1.807, 2.05) is 19.9 Å². The molecule has 2 N–H and O–H groups in total. The first-order valence-corrected chi connectivity index (χ1v) is 5.80. The average Bonchev–Trinajstić information content (AvgIpc) is 2.94. The van der Waals surface area contributed by atoms with Crippen molar-refractivity contribution in [1.82, 2.24) is 10.1 Å². The standard InChI is InChI=1S/C12H17N3O3/c1-4-16-7-12(3,13)11-14-10(18-15-11)9-6-5-8(2)17-9/h5-6H,4,7,13H2,1-3H3. The molecule has 6 heteroatoms. The maximum atomic E-state index is 6.08. The molecule has 98 valence electrons. The first-order valence-electron chi connectivity index (χ1n) is 5.80. The van der Waals surface area contributed by atoms with Crippen LogP contribution in [0.3, 0.4) is 0 Å². The van der Waals surface area contributed by atoms with E-state index in [1.54, 1.807) is 13.0 Å². The number of nitrogens with zero attached hydrogens (tertiary/aromatic N) is 2. The van der Waals surface area contributed by atoms with Gasteiger partial charge in [0.1, 0.15) is 11.3 Å². The van der Waals surface area contributed by atoms with Crippen molar-refractivity contribution in [1.29, 1.82) is 0 Å². The van der Waals surface area contributed by atoms with Crippen LogP contribution in [0.25, 0.3) is 11.7 Å². The third kappa shape index (κ3) is 2.60. The lowest BCUT2D eigenvalue weighted by atomic mass is 10.1. The van der Waals surface area contributed by atoms with Crippen LogP contribution in [0.1, 0.15) is 25.4 Å². The molecule has 2 heterocycles. The van der Waals surface area contributed by atoms with E-state index in [1.165, 1.54) is 0 Å². The highest BCUT2D eigenvalue weighted by atomic mass is 16.5. The molecule has 0 saturated carbocycles. The van der Waals surface area contributed by atoms with E-state index in [9.17, 15) is 0 Å². The fourth-order valence-corrected chi connectivity index (χ4v) is 1.48. The van der Waals surface area contributed by atoms with Crippen molar-refractivity contribution in [3.8, 4) is 11.7 Å². The number of hydrogen-bond donors (Lipinski definition) is 1. The predicted molar refractivity (Wildman–Crippen MR) is 64.8 cm³/mol. The molecule has 18 heavy (non-hydrogen) atoms. The van der Waals surface area contributed by atoms with E-state index in [-0.39, 0.29) is 0 Å². The predicted octanol–water partition coefficient (Wildman–Crippen LogP) is 1.85. The van der Waals surface area contributed by atoms with Gasteiger partial charge < -0.3 is 19.4 Å². The summed E-state index contributed by atoms with van der Waals surface area (Å²) in [6, 6.07) is 3.62. The summed E-state index contributed by atoms with van der Waals surface area (Å²) in [6.45, 7) is 6.48. The maximum Gasteiger partial charge on any atom is 0.293 e. The number of ether oxygens (including phenoxy) is 1. The zero-order valence-electron chi connectivity index (χ0n) is 10.8. The molecule has 2 aromatic heterocycles. The lowest BCUT2D eigenvalue weighted by Gasteiger charge is -2.19. The van der Waals surface area contributed by atoms with Crippen LogP contribution in [-0.4, -0.2) is 23.4 Å². The van der Waals surface area contributed by atoms with Crippen molar-refractivity contribution < 1.29 is 13.7 Å². The van der Waals surface area contributed by atoms with Gasteiger partial charge in [0.15, 0.2) is 11.6 Å². The average molecular weight is 251 g/mol. The van der Waals surface area contributed by atoms with Crippen molar-refractivity contribution in [3.05, 3.63) is 23.7 Å². The minimum atomic E-state index is -0.778.